The Morgan fingerprint density at radius 3 is 2.18 bits per heavy atom. The Kier molecular flexibility index (Phi) is 5.71. The number of rotatable bonds is 4. The highest BCUT2D eigenvalue weighted by Gasteiger charge is 2.32. The number of sulfonamides is 1. The summed E-state index contributed by atoms with van der Waals surface area (Å²) >= 11 is 0. The van der Waals surface area contributed by atoms with Gasteiger partial charge < -0.3 is 4.90 Å². The molecule has 0 radical (unpaired) electrons. The molecular formula is C26H26N4O3S. The molecule has 8 heteroatoms. The van der Waals surface area contributed by atoms with Crippen molar-refractivity contribution in [3.63, 3.8) is 0 Å². The van der Waals surface area contributed by atoms with Gasteiger partial charge in [-0.15, -0.1) is 0 Å². The fraction of sp³-hybridized carbons (Fsp3) is 0.231. The molecule has 1 fully saturated rings. The van der Waals surface area contributed by atoms with Crippen molar-refractivity contribution in [2.45, 2.75) is 18.7 Å². The van der Waals surface area contributed by atoms with Crippen molar-refractivity contribution in [2.24, 2.45) is 0 Å². The average molecular weight is 475 g/mol. The van der Waals surface area contributed by atoms with Gasteiger partial charge >= 0.3 is 0 Å². The third-order valence-electron chi connectivity index (χ3n) is 6.39. The number of aryl methyl sites for hydroxylation is 1. The van der Waals surface area contributed by atoms with Crippen LogP contribution in [0.15, 0.2) is 77.7 Å². The lowest BCUT2D eigenvalue weighted by Gasteiger charge is -2.34. The van der Waals surface area contributed by atoms with Gasteiger partial charge in [0.25, 0.3) is 5.91 Å². The van der Waals surface area contributed by atoms with Crippen LogP contribution in [0.3, 0.4) is 0 Å². The molecule has 2 heterocycles. The Balaban J connectivity index is 1.33. The first kappa shape index (κ1) is 22.3. The lowest BCUT2D eigenvalue weighted by Crippen LogP contribution is -2.50. The summed E-state index contributed by atoms with van der Waals surface area (Å²) in [5, 5.41) is 6.46. The number of carbonyl (C=O) groups is 1. The van der Waals surface area contributed by atoms with E-state index in [1.165, 1.54) is 4.31 Å². The van der Waals surface area contributed by atoms with Crippen LogP contribution in [0, 0.1) is 13.8 Å². The van der Waals surface area contributed by atoms with Gasteiger partial charge in [0.05, 0.1) is 27.5 Å². The molecule has 0 spiro atoms. The summed E-state index contributed by atoms with van der Waals surface area (Å²) in [6.45, 7) is 4.90. The summed E-state index contributed by atoms with van der Waals surface area (Å²) in [7, 11) is -3.64. The van der Waals surface area contributed by atoms with Gasteiger partial charge in [-0.05, 0) is 48.9 Å². The van der Waals surface area contributed by atoms with Crippen LogP contribution < -0.4 is 0 Å². The zero-order chi connectivity index (χ0) is 23.9. The largest absolute Gasteiger partial charge is 0.336 e. The number of amides is 1. The van der Waals surface area contributed by atoms with Crippen molar-refractivity contribution in [1.82, 2.24) is 19.0 Å². The molecule has 1 aliphatic rings. The van der Waals surface area contributed by atoms with E-state index < -0.39 is 10.0 Å². The zero-order valence-corrected chi connectivity index (χ0v) is 20.0. The maximum atomic E-state index is 13.4. The van der Waals surface area contributed by atoms with Crippen LogP contribution in [0.5, 0.6) is 0 Å². The summed E-state index contributed by atoms with van der Waals surface area (Å²) in [5.74, 6) is -0.111. The molecule has 7 nitrogen and oxygen atoms in total. The summed E-state index contributed by atoms with van der Waals surface area (Å²) < 4.78 is 29.8. The number of benzene rings is 3. The molecule has 0 saturated carbocycles. The van der Waals surface area contributed by atoms with Gasteiger partial charge in [-0.1, -0.05) is 48.5 Å². The van der Waals surface area contributed by atoms with Crippen molar-refractivity contribution in [1.29, 1.82) is 0 Å². The summed E-state index contributed by atoms with van der Waals surface area (Å²) in [5.41, 5.74) is 2.92. The van der Waals surface area contributed by atoms with Crippen LogP contribution in [0.4, 0.5) is 0 Å². The standard InChI is InChI=1S/C26H26N4O3S/c1-19-25(20(2)30(27-19)23-10-4-3-5-11-23)26(31)28-14-16-29(17-15-28)34(32,33)24-13-12-21-8-6-7-9-22(21)18-24/h3-13,18H,14-17H2,1-2H3. The molecule has 174 valence electrons. The zero-order valence-electron chi connectivity index (χ0n) is 19.2. The van der Waals surface area contributed by atoms with Crippen LogP contribution in [0.25, 0.3) is 16.5 Å². The lowest BCUT2D eigenvalue weighted by molar-refractivity contribution is 0.0696. The van der Waals surface area contributed by atoms with Gasteiger partial charge in [0.15, 0.2) is 0 Å². The summed E-state index contributed by atoms with van der Waals surface area (Å²) in [6, 6.07) is 22.6. The van der Waals surface area contributed by atoms with E-state index in [2.05, 4.69) is 5.10 Å². The second-order valence-corrected chi connectivity index (χ2v) is 10.4. The van der Waals surface area contributed by atoms with Crippen LogP contribution >= 0.6 is 0 Å². The first-order valence-corrected chi connectivity index (χ1v) is 12.7. The van der Waals surface area contributed by atoms with Gasteiger partial charge in [0, 0.05) is 26.2 Å². The minimum absolute atomic E-state index is 0.111. The molecule has 0 N–H and O–H groups in total. The Morgan fingerprint density at radius 1 is 0.824 bits per heavy atom. The lowest BCUT2D eigenvalue weighted by atomic mass is 10.1. The van der Waals surface area contributed by atoms with Gasteiger partial charge in [-0.2, -0.15) is 9.40 Å². The van der Waals surface area contributed by atoms with E-state index in [1.54, 1.807) is 21.7 Å². The second-order valence-electron chi connectivity index (χ2n) is 8.50. The molecule has 3 aromatic carbocycles. The number of carbonyl (C=O) groups excluding carboxylic acids is 1. The average Bonchev–Trinajstić information content (AvgIpc) is 3.17. The maximum Gasteiger partial charge on any atom is 0.257 e. The molecule has 0 unspecified atom stereocenters. The third kappa shape index (κ3) is 3.89. The van der Waals surface area contributed by atoms with E-state index in [0.717, 1.165) is 22.2 Å². The number of hydrogen-bond donors (Lipinski definition) is 0. The number of piperazine rings is 1. The Bertz CT molecular complexity index is 1470. The fourth-order valence-corrected chi connectivity index (χ4v) is 6.00. The van der Waals surface area contributed by atoms with Gasteiger partial charge in [0.2, 0.25) is 10.0 Å². The van der Waals surface area contributed by atoms with Crippen LogP contribution in [-0.4, -0.2) is 59.5 Å². The van der Waals surface area contributed by atoms with Gasteiger partial charge in [-0.25, -0.2) is 13.1 Å². The molecule has 0 bridgehead atoms. The minimum atomic E-state index is -3.64. The van der Waals surface area contributed by atoms with E-state index in [-0.39, 0.29) is 23.9 Å². The van der Waals surface area contributed by atoms with Crippen molar-refractivity contribution in [3.8, 4) is 5.69 Å². The topological polar surface area (TPSA) is 75.5 Å². The van der Waals surface area contributed by atoms with E-state index in [9.17, 15) is 13.2 Å². The molecule has 0 aliphatic carbocycles. The Labute approximate surface area is 199 Å². The number of hydrogen-bond acceptors (Lipinski definition) is 4. The number of nitrogens with zero attached hydrogens (tertiary/aromatic N) is 4. The molecule has 5 rings (SSSR count). The molecule has 0 atom stereocenters. The van der Waals surface area contributed by atoms with Gasteiger partial charge in [0.1, 0.15) is 0 Å². The van der Waals surface area contributed by atoms with E-state index in [0.29, 0.717) is 24.3 Å². The van der Waals surface area contributed by atoms with E-state index >= 15 is 0 Å². The van der Waals surface area contributed by atoms with Crippen LogP contribution in [0.1, 0.15) is 21.7 Å². The SMILES string of the molecule is Cc1nn(-c2ccccc2)c(C)c1C(=O)N1CCN(S(=O)(=O)c2ccc3ccccc3c2)CC1. The predicted octanol–water partition coefficient (Wildman–Crippen LogP) is 3.79. The summed E-state index contributed by atoms with van der Waals surface area (Å²) in [6.07, 6.45) is 0. The van der Waals surface area contributed by atoms with Crippen molar-refractivity contribution >= 4 is 26.7 Å². The first-order valence-electron chi connectivity index (χ1n) is 11.3. The van der Waals surface area contributed by atoms with E-state index in [4.69, 9.17) is 0 Å². The smallest absolute Gasteiger partial charge is 0.257 e. The molecule has 1 saturated heterocycles. The molecule has 1 amide bonds. The third-order valence-corrected chi connectivity index (χ3v) is 8.29. The van der Waals surface area contributed by atoms with Gasteiger partial charge in [-0.3, -0.25) is 4.79 Å². The number of para-hydroxylation sites is 1. The maximum absolute atomic E-state index is 13.4. The highest BCUT2D eigenvalue weighted by atomic mass is 32.2. The van der Waals surface area contributed by atoms with Crippen molar-refractivity contribution in [2.75, 3.05) is 26.2 Å². The van der Waals surface area contributed by atoms with E-state index in [1.807, 2.05) is 74.5 Å². The fourth-order valence-electron chi connectivity index (χ4n) is 4.54. The highest BCUT2D eigenvalue weighted by Crippen LogP contribution is 2.24. The van der Waals surface area contributed by atoms with Crippen LogP contribution in [0.2, 0.25) is 0 Å². The molecule has 34 heavy (non-hydrogen) atoms. The molecule has 1 aromatic heterocycles. The van der Waals surface area contributed by atoms with Crippen molar-refractivity contribution in [3.05, 3.63) is 89.7 Å². The Morgan fingerprint density at radius 2 is 1.47 bits per heavy atom. The second kappa shape index (κ2) is 8.70. The quantitative estimate of drug-likeness (QED) is 0.451. The molecule has 1 aliphatic heterocycles. The normalized spacial score (nSPS) is 15.1. The number of fused-ring (bicyclic) bond motifs is 1. The molecular weight excluding hydrogens is 448 g/mol. The first-order chi connectivity index (χ1) is 16.4. The highest BCUT2D eigenvalue weighted by molar-refractivity contribution is 7.89. The molecule has 4 aromatic rings. The van der Waals surface area contributed by atoms with Crippen molar-refractivity contribution < 1.29 is 13.2 Å². The Hall–Kier alpha value is -3.49. The predicted molar refractivity (Wildman–Crippen MR) is 132 cm³/mol. The van der Waals surface area contributed by atoms with Crippen LogP contribution in [-0.2, 0) is 10.0 Å². The number of aromatic nitrogens is 2. The minimum Gasteiger partial charge on any atom is -0.336 e. The monoisotopic (exact) mass is 474 g/mol. The summed E-state index contributed by atoms with van der Waals surface area (Å²) in [4.78, 5) is 15.4.